The van der Waals surface area contributed by atoms with Crippen molar-refractivity contribution in [1.29, 1.82) is 0 Å². The number of nitrogens with one attached hydrogen (secondary N) is 1. The summed E-state index contributed by atoms with van der Waals surface area (Å²) < 4.78 is 0. The smallest absolute Gasteiger partial charge is 0.249 e. The van der Waals surface area contributed by atoms with Gasteiger partial charge in [-0.05, 0) is 58.3 Å². The molecule has 0 aliphatic rings. The van der Waals surface area contributed by atoms with Gasteiger partial charge >= 0.3 is 0 Å². The molecule has 0 heterocycles. The van der Waals surface area contributed by atoms with Gasteiger partial charge in [-0.2, -0.15) is 0 Å². The molecule has 0 radical (unpaired) electrons. The number of unbranched alkanes of at least 4 members (excludes halogenated alkanes) is 30. The Bertz CT molecular complexity index is 889. The summed E-state index contributed by atoms with van der Waals surface area (Å²) in [7, 11) is 0. The molecule has 0 spiro atoms. The summed E-state index contributed by atoms with van der Waals surface area (Å²) in [5, 5.41) is 43.6. The van der Waals surface area contributed by atoms with Crippen molar-refractivity contribution in [2.75, 3.05) is 6.61 Å². The van der Waals surface area contributed by atoms with Crippen molar-refractivity contribution in [2.24, 2.45) is 0 Å². The number of aliphatic hydroxyl groups excluding tert-OH is 4. The lowest BCUT2D eigenvalue weighted by atomic mass is 10.00. The molecule has 0 aliphatic heterocycles. The van der Waals surface area contributed by atoms with Crippen LogP contribution in [0.1, 0.15) is 245 Å². The first kappa shape index (κ1) is 54.5. The number of hydrogen-bond donors (Lipinski definition) is 5. The van der Waals surface area contributed by atoms with Gasteiger partial charge in [0.2, 0.25) is 5.91 Å². The number of carbonyl (C=O) groups is 1. The van der Waals surface area contributed by atoms with Gasteiger partial charge in [0, 0.05) is 0 Å². The number of rotatable bonds is 44. The van der Waals surface area contributed by atoms with E-state index in [0.717, 1.165) is 51.4 Å². The lowest BCUT2D eigenvalue weighted by Crippen LogP contribution is -2.53. The molecule has 0 rings (SSSR count). The summed E-state index contributed by atoms with van der Waals surface area (Å²) in [4.78, 5) is 12.5. The van der Waals surface area contributed by atoms with E-state index < -0.39 is 36.9 Å². The van der Waals surface area contributed by atoms with Gasteiger partial charge in [-0.25, -0.2) is 0 Å². The highest BCUT2D eigenvalue weighted by atomic mass is 16.3. The maximum Gasteiger partial charge on any atom is 0.249 e. The third-order valence-electron chi connectivity index (χ3n) is 11.4. The van der Waals surface area contributed by atoms with E-state index in [2.05, 4.69) is 48.7 Å². The first-order chi connectivity index (χ1) is 27.5. The molecule has 0 aromatic rings. The minimum absolute atomic E-state index is 0.362. The van der Waals surface area contributed by atoms with E-state index >= 15 is 0 Å². The Hall–Kier alpha value is -1.47. The van der Waals surface area contributed by atoms with E-state index in [1.165, 1.54) is 161 Å². The van der Waals surface area contributed by atoms with E-state index in [-0.39, 0.29) is 0 Å². The van der Waals surface area contributed by atoms with Crippen LogP contribution in [0.2, 0.25) is 0 Å². The summed E-state index contributed by atoms with van der Waals surface area (Å²) in [6, 6.07) is -1.01. The maximum absolute atomic E-state index is 12.5. The number of carbonyl (C=O) groups excluding carboxylic acids is 1. The van der Waals surface area contributed by atoms with Gasteiger partial charge in [-0.1, -0.05) is 223 Å². The summed E-state index contributed by atoms with van der Waals surface area (Å²) in [6.07, 6.45) is 53.7. The van der Waals surface area contributed by atoms with Crippen LogP contribution in [0.4, 0.5) is 0 Å². The molecule has 0 fully saturated rings. The van der Waals surface area contributed by atoms with E-state index in [1.807, 2.05) is 6.92 Å². The second-order valence-electron chi connectivity index (χ2n) is 16.8. The highest BCUT2D eigenvalue weighted by molar-refractivity contribution is 5.80. The highest BCUT2D eigenvalue weighted by Crippen LogP contribution is 2.17. The topological polar surface area (TPSA) is 110 Å². The molecule has 0 aromatic heterocycles. The van der Waals surface area contributed by atoms with Gasteiger partial charge in [-0.15, -0.1) is 0 Å². The zero-order valence-electron chi connectivity index (χ0n) is 37.1. The van der Waals surface area contributed by atoms with Crippen LogP contribution < -0.4 is 5.32 Å². The first-order valence-electron chi connectivity index (χ1n) is 24.3. The van der Waals surface area contributed by atoms with Crippen LogP contribution in [0, 0.1) is 0 Å². The molecule has 6 heteroatoms. The zero-order chi connectivity index (χ0) is 41.0. The molecule has 56 heavy (non-hydrogen) atoms. The minimum Gasteiger partial charge on any atom is -0.394 e. The van der Waals surface area contributed by atoms with Crippen LogP contribution in [-0.2, 0) is 4.79 Å². The van der Waals surface area contributed by atoms with Crippen molar-refractivity contribution in [3.05, 3.63) is 36.5 Å². The van der Waals surface area contributed by atoms with Gasteiger partial charge in [0.25, 0.3) is 0 Å². The molecule has 0 saturated carbocycles. The molecule has 0 saturated heterocycles. The Balaban J connectivity index is 3.60. The average Bonchev–Trinajstić information content (AvgIpc) is 3.20. The molecule has 0 aliphatic carbocycles. The van der Waals surface area contributed by atoms with Crippen molar-refractivity contribution in [2.45, 2.75) is 269 Å². The van der Waals surface area contributed by atoms with Crippen LogP contribution in [0.15, 0.2) is 36.5 Å². The van der Waals surface area contributed by atoms with Crippen LogP contribution >= 0.6 is 0 Å². The fourth-order valence-corrected chi connectivity index (χ4v) is 7.56. The quantitative estimate of drug-likeness (QED) is 0.0312. The third-order valence-corrected chi connectivity index (χ3v) is 11.4. The monoisotopic (exact) mass is 790 g/mol. The van der Waals surface area contributed by atoms with Gasteiger partial charge < -0.3 is 25.7 Å². The zero-order valence-corrected chi connectivity index (χ0v) is 37.1. The van der Waals surface area contributed by atoms with Gasteiger partial charge in [0.15, 0.2) is 0 Å². The Morgan fingerprint density at radius 3 is 1.16 bits per heavy atom. The Kier molecular flexibility index (Phi) is 43.5. The molecular weight excluding hydrogens is 695 g/mol. The fourth-order valence-electron chi connectivity index (χ4n) is 7.56. The molecule has 330 valence electrons. The molecule has 0 bridgehead atoms. The average molecular weight is 790 g/mol. The largest absolute Gasteiger partial charge is 0.394 e. The summed E-state index contributed by atoms with van der Waals surface area (Å²) >= 11 is 0. The predicted molar refractivity (Wildman–Crippen MR) is 242 cm³/mol. The van der Waals surface area contributed by atoms with Gasteiger partial charge in [-0.3, -0.25) is 4.79 Å². The lowest BCUT2D eigenvalue weighted by Gasteiger charge is -2.27. The fraction of sp³-hybridized carbons (Fsp3) is 0.860. The number of allylic oxidation sites excluding steroid dienone is 6. The SMILES string of the molecule is C/C=C/CC/C=C/CC/C=C/CCCC(O)C(O)C(CO)NC(=O)C(O)CCCCCCCCCCCCCCCCCCCCCCCCCCCCCC. The second kappa shape index (κ2) is 44.6. The van der Waals surface area contributed by atoms with Crippen molar-refractivity contribution in [3.63, 3.8) is 0 Å². The highest BCUT2D eigenvalue weighted by Gasteiger charge is 2.28. The Labute approximate surface area is 347 Å². The summed E-state index contributed by atoms with van der Waals surface area (Å²) in [5.41, 5.74) is 0. The van der Waals surface area contributed by atoms with Gasteiger partial charge in [0.05, 0.1) is 18.8 Å². The molecule has 4 atom stereocenters. The van der Waals surface area contributed by atoms with Crippen molar-refractivity contribution >= 4 is 5.91 Å². The van der Waals surface area contributed by atoms with Crippen molar-refractivity contribution in [3.8, 4) is 0 Å². The molecule has 5 N–H and O–H groups in total. The third kappa shape index (κ3) is 38.1. The van der Waals surface area contributed by atoms with E-state index in [4.69, 9.17) is 0 Å². The van der Waals surface area contributed by atoms with Crippen molar-refractivity contribution in [1.82, 2.24) is 5.32 Å². The maximum atomic E-state index is 12.5. The predicted octanol–water partition coefficient (Wildman–Crippen LogP) is 13.3. The molecule has 4 unspecified atom stereocenters. The number of amides is 1. The van der Waals surface area contributed by atoms with Crippen LogP contribution in [0.25, 0.3) is 0 Å². The van der Waals surface area contributed by atoms with E-state index in [9.17, 15) is 25.2 Å². The second-order valence-corrected chi connectivity index (χ2v) is 16.8. The molecule has 1 amide bonds. The Morgan fingerprint density at radius 1 is 0.464 bits per heavy atom. The summed E-state index contributed by atoms with van der Waals surface area (Å²) in [6.45, 7) is 3.83. The van der Waals surface area contributed by atoms with Crippen LogP contribution in [0.3, 0.4) is 0 Å². The minimum atomic E-state index is -1.29. The standard InChI is InChI=1S/C50H95NO5/c1-3-5-7-9-11-13-15-17-18-19-20-21-22-23-24-25-26-27-28-29-30-31-32-34-36-38-40-42-44-48(54)50(56)51-46(45-52)49(55)47(53)43-41-39-37-35-33-16-14-12-10-8-6-4-2/h4,6,12,14,35,37,46-49,52-55H,3,5,7-11,13,15-34,36,38-45H2,1-2H3,(H,51,56)/b6-4+,14-12+,37-35+. The number of hydrogen-bond acceptors (Lipinski definition) is 5. The summed E-state index contributed by atoms with van der Waals surface area (Å²) in [5.74, 6) is -0.598. The molecular formula is C50H95NO5. The lowest BCUT2D eigenvalue weighted by molar-refractivity contribution is -0.132. The first-order valence-corrected chi connectivity index (χ1v) is 24.3. The normalized spacial score (nSPS) is 14.3. The van der Waals surface area contributed by atoms with Gasteiger partial charge in [0.1, 0.15) is 12.2 Å². The molecule has 0 aromatic carbocycles. The number of aliphatic hydroxyl groups is 4. The van der Waals surface area contributed by atoms with E-state index in [0.29, 0.717) is 19.3 Å². The van der Waals surface area contributed by atoms with E-state index in [1.54, 1.807) is 0 Å². The van der Waals surface area contributed by atoms with Crippen molar-refractivity contribution < 1.29 is 25.2 Å². The van der Waals surface area contributed by atoms with Crippen LogP contribution in [0.5, 0.6) is 0 Å². The van der Waals surface area contributed by atoms with Crippen LogP contribution in [-0.4, -0.2) is 57.3 Å². The Morgan fingerprint density at radius 2 is 0.804 bits per heavy atom. The molecule has 6 nitrogen and oxygen atoms in total.